The van der Waals surface area contributed by atoms with Gasteiger partial charge in [0.15, 0.2) is 0 Å². The summed E-state index contributed by atoms with van der Waals surface area (Å²) in [4.78, 5) is 13.6. The molecule has 1 amide bonds. The highest BCUT2D eigenvalue weighted by molar-refractivity contribution is 6.31. The third-order valence-electron chi connectivity index (χ3n) is 2.71. The van der Waals surface area contributed by atoms with Crippen LogP contribution in [0.1, 0.15) is 24.2 Å². The van der Waals surface area contributed by atoms with Gasteiger partial charge in [-0.3, -0.25) is 4.79 Å². The van der Waals surface area contributed by atoms with E-state index in [1.54, 1.807) is 7.05 Å². The fourth-order valence-corrected chi connectivity index (χ4v) is 1.55. The van der Waals surface area contributed by atoms with Crippen LogP contribution in [0, 0.1) is 5.82 Å². The molecule has 94 valence electrons. The molecule has 1 rings (SSSR count). The second-order valence-electron chi connectivity index (χ2n) is 4.44. The highest BCUT2D eigenvalue weighted by Crippen LogP contribution is 2.21. The van der Waals surface area contributed by atoms with E-state index < -0.39 is 11.4 Å². The summed E-state index contributed by atoms with van der Waals surface area (Å²) in [5.74, 6) is -0.468. The first-order valence-electron chi connectivity index (χ1n) is 5.09. The van der Waals surface area contributed by atoms with Crippen LogP contribution in [0.2, 0.25) is 5.02 Å². The predicted molar refractivity (Wildman–Crippen MR) is 68.3 cm³/mol. The number of nitrogens with zero attached hydrogens (tertiary/aromatic N) is 1. The van der Waals surface area contributed by atoms with E-state index in [0.29, 0.717) is 11.4 Å². The van der Waals surface area contributed by atoms with Gasteiger partial charge < -0.3 is 4.90 Å². The molecule has 0 radical (unpaired) electrons. The first kappa shape index (κ1) is 14.3. The molecular formula is C12H14Cl2FNO. The monoisotopic (exact) mass is 277 g/mol. The lowest BCUT2D eigenvalue weighted by molar-refractivity contribution is 0.0660. The third-order valence-corrected chi connectivity index (χ3v) is 3.65. The number of carbonyl (C=O) groups is 1. The van der Waals surface area contributed by atoms with Gasteiger partial charge in [-0.2, -0.15) is 0 Å². The van der Waals surface area contributed by atoms with Gasteiger partial charge in [0.05, 0.1) is 10.6 Å². The van der Waals surface area contributed by atoms with Gasteiger partial charge in [0.25, 0.3) is 5.91 Å². The number of amides is 1. The van der Waals surface area contributed by atoms with Crippen molar-refractivity contribution >= 4 is 29.1 Å². The lowest BCUT2D eigenvalue weighted by Gasteiger charge is -2.34. The van der Waals surface area contributed by atoms with Crippen LogP contribution in [-0.2, 0) is 0 Å². The quantitative estimate of drug-likeness (QED) is 0.774. The molecule has 0 spiro atoms. The van der Waals surface area contributed by atoms with E-state index in [1.807, 2.05) is 13.8 Å². The van der Waals surface area contributed by atoms with Crippen LogP contribution in [0.5, 0.6) is 0 Å². The number of alkyl halides is 1. The Morgan fingerprint density at radius 2 is 2.06 bits per heavy atom. The van der Waals surface area contributed by atoms with Crippen molar-refractivity contribution < 1.29 is 9.18 Å². The minimum Gasteiger partial charge on any atom is -0.335 e. The minimum atomic E-state index is -0.539. The number of rotatable bonds is 3. The van der Waals surface area contributed by atoms with Crippen LogP contribution in [0.4, 0.5) is 4.39 Å². The largest absolute Gasteiger partial charge is 0.335 e. The van der Waals surface area contributed by atoms with E-state index in [9.17, 15) is 9.18 Å². The lowest BCUT2D eigenvalue weighted by Crippen LogP contribution is -2.46. The number of benzene rings is 1. The molecule has 0 unspecified atom stereocenters. The summed E-state index contributed by atoms with van der Waals surface area (Å²) in [5, 5.41) is -0.0621. The lowest BCUT2D eigenvalue weighted by atomic mass is 10.0. The maximum absolute atomic E-state index is 13.0. The summed E-state index contributed by atoms with van der Waals surface area (Å²) in [6.07, 6.45) is 0. The van der Waals surface area contributed by atoms with Gasteiger partial charge in [0, 0.05) is 18.5 Å². The summed E-state index contributed by atoms with van der Waals surface area (Å²) < 4.78 is 13.0. The number of halogens is 3. The summed E-state index contributed by atoms with van der Waals surface area (Å²) in [6, 6.07) is 3.90. The highest BCUT2D eigenvalue weighted by atomic mass is 35.5. The molecule has 0 aromatic heterocycles. The molecule has 5 heteroatoms. The zero-order valence-corrected chi connectivity index (χ0v) is 11.4. The molecule has 1 aromatic carbocycles. The van der Waals surface area contributed by atoms with E-state index in [4.69, 9.17) is 23.2 Å². The average Bonchev–Trinajstić information content (AvgIpc) is 2.30. The van der Waals surface area contributed by atoms with Gasteiger partial charge >= 0.3 is 0 Å². The molecule has 0 atom stereocenters. The van der Waals surface area contributed by atoms with Crippen molar-refractivity contribution in [3.63, 3.8) is 0 Å². The van der Waals surface area contributed by atoms with Crippen LogP contribution < -0.4 is 0 Å². The molecule has 0 N–H and O–H groups in total. The van der Waals surface area contributed by atoms with E-state index in [2.05, 4.69) is 0 Å². The molecule has 2 nitrogen and oxygen atoms in total. The van der Waals surface area contributed by atoms with Crippen LogP contribution in [-0.4, -0.2) is 29.3 Å². The molecule has 0 aliphatic rings. The van der Waals surface area contributed by atoms with Crippen LogP contribution in [0.15, 0.2) is 18.2 Å². The summed E-state index contributed by atoms with van der Waals surface area (Å²) in [5.41, 5.74) is -0.128. The van der Waals surface area contributed by atoms with E-state index in [1.165, 1.54) is 23.1 Å². The molecule has 1 aromatic rings. The third kappa shape index (κ3) is 3.11. The second-order valence-corrected chi connectivity index (χ2v) is 5.11. The fourth-order valence-electron chi connectivity index (χ4n) is 1.19. The molecule has 17 heavy (non-hydrogen) atoms. The van der Waals surface area contributed by atoms with E-state index in [0.717, 1.165) is 0 Å². The van der Waals surface area contributed by atoms with E-state index in [-0.39, 0.29) is 10.9 Å². The van der Waals surface area contributed by atoms with Crippen LogP contribution >= 0.6 is 23.2 Å². The molecule has 0 saturated heterocycles. The van der Waals surface area contributed by atoms with Crippen molar-refractivity contribution in [2.45, 2.75) is 19.4 Å². The summed E-state index contributed by atoms with van der Waals surface area (Å²) >= 11 is 11.4. The molecule has 0 aliphatic heterocycles. The Kier molecular flexibility index (Phi) is 4.39. The Balaban J connectivity index is 3.01. The van der Waals surface area contributed by atoms with Gasteiger partial charge in [-0.15, -0.1) is 11.6 Å². The fraction of sp³-hybridized carbons (Fsp3) is 0.417. The zero-order chi connectivity index (χ0) is 13.2. The Bertz CT molecular complexity index is 435. The van der Waals surface area contributed by atoms with E-state index >= 15 is 0 Å². The van der Waals surface area contributed by atoms with Gasteiger partial charge in [-0.25, -0.2) is 4.39 Å². The maximum atomic E-state index is 13.0. The average molecular weight is 278 g/mol. The van der Waals surface area contributed by atoms with Crippen molar-refractivity contribution in [2.75, 3.05) is 12.9 Å². The molecule has 0 fully saturated rings. The zero-order valence-electron chi connectivity index (χ0n) is 9.93. The first-order valence-corrected chi connectivity index (χ1v) is 6.00. The van der Waals surface area contributed by atoms with Crippen molar-refractivity contribution in [2.24, 2.45) is 0 Å². The maximum Gasteiger partial charge on any atom is 0.254 e. The normalized spacial score (nSPS) is 11.4. The van der Waals surface area contributed by atoms with Gasteiger partial charge in [-0.05, 0) is 32.0 Å². The molecule has 0 heterocycles. The summed E-state index contributed by atoms with van der Waals surface area (Å²) in [7, 11) is 1.65. The molecule has 0 aliphatic carbocycles. The second kappa shape index (κ2) is 5.23. The van der Waals surface area contributed by atoms with Crippen molar-refractivity contribution in [3.8, 4) is 0 Å². The first-order chi connectivity index (χ1) is 7.79. The summed E-state index contributed by atoms with van der Waals surface area (Å²) in [6.45, 7) is 3.70. The number of hydrogen-bond acceptors (Lipinski definition) is 1. The van der Waals surface area contributed by atoms with Crippen LogP contribution in [0.3, 0.4) is 0 Å². The number of carbonyl (C=O) groups excluding carboxylic acids is 1. The highest BCUT2D eigenvalue weighted by Gasteiger charge is 2.27. The smallest absolute Gasteiger partial charge is 0.254 e. The Morgan fingerprint density at radius 1 is 1.47 bits per heavy atom. The molecule has 0 bridgehead atoms. The Hall–Kier alpha value is -0.800. The predicted octanol–water partition coefficient (Wildman–Crippen LogP) is 3.57. The van der Waals surface area contributed by atoms with Gasteiger partial charge in [0.2, 0.25) is 0 Å². The SMILES string of the molecule is CN(C(=O)c1ccc(F)c(Cl)c1)C(C)(C)CCl. The van der Waals surface area contributed by atoms with Crippen molar-refractivity contribution in [1.29, 1.82) is 0 Å². The topological polar surface area (TPSA) is 20.3 Å². The van der Waals surface area contributed by atoms with Crippen molar-refractivity contribution in [3.05, 3.63) is 34.6 Å². The van der Waals surface area contributed by atoms with Gasteiger partial charge in [-0.1, -0.05) is 11.6 Å². The molecule has 0 saturated carbocycles. The Labute approximate surface area is 110 Å². The van der Waals surface area contributed by atoms with Crippen LogP contribution in [0.25, 0.3) is 0 Å². The standard InChI is InChI=1S/C12H14Cl2FNO/c1-12(2,7-13)16(3)11(17)8-4-5-10(15)9(14)6-8/h4-6H,7H2,1-3H3. The Morgan fingerprint density at radius 3 is 2.53 bits per heavy atom. The van der Waals surface area contributed by atoms with Gasteiger partial charge in [0.1, 0.15) is 5.82 Å². The molecular weight excluding hydrogens is 264 g/mol. The number of hydrogen-bond donors (Lipinski definition) is 0. The van der Waals surface area contributed by atoms with Crippen molar-refractivity contribution in [1.82, 2.24) is 4.90 Å². The minimum absolute atomic E-state index is 0.0621.